The van der Waals surface area contributed by atoms with E-state index in [4.69, 9.17) is 0 Å². The molecule has 0 aromatic heterocycles. The molecular formula is C27H24F6N4O4. The van der Waals surface area contributed by atoms with Crippen molar-refractivity contribution in [2.45, 2.75) is 49.6 Å². The molecule has 8 nitrogen and oxygen atoms in total. The summed E-state index contributed by atoms with van der Waals surface area (Å²) in [6.07, 6.45) is -9.73. The fourth-order valence-corrected chi connectivity index (χ4v) is 5.65. The maximum Gasteiger partial charge on any atom is 0.416 e. The molecule has 41 heavy (non-hydrogen) atoms. The fraction of sp³-hybridized carbons (Fsp3) is 0.407. The van der Waals surface area contributed by atoms with Gasteiger partial charge in [0, 0.05) is 36.8 Å². The highest BCUT2D eigenvalue weighted by Crippen LogP contribution is 2.42. The molecule has 3 fully saturated rings. The summed E-state index contributed by atoms with van der Waals surface area (Å²) in [5.41, 5.74) is -5.01. The van der Waals surface area contributed by atoms with E-state index in [1.54, 1.807) is 30.3 Å². The first kappa shape index (κ1) is 28.4. The van der Waals surface area contributed by atoms with Gasteiger partial charge in [-0.2, -0.15) is 26.3 Å². The molecule has 2 aromatic carbocycles. The van der Waals surface area contributed by atoms with Gasteiger partial charge in [0.05, 0.1) is 17.7 Å². The SMILES string of the molecule is O=C1CC[C@@H](CN2C(=O)N(c3ccccc3)C3(CCN(C(=O)c4cc(C(F)(F)F)cc(C(F)(F)F)c4)CC3)C2=O)N1. The summed E-state index contributed by atoms with van der Waals surface area (Å²) in [5.74, 6) is -1.79. The Labute approximate surface area is 229 Å². The minimum Gasteiger partial charge on any atom is -0.352 e. The van der Waals surface area contributed by atoms with E-state index in [1.807, 2.05) is 0 Å². The number of benzene rings is 2. The molecule has 1 N–H and O–H groups in total. The van der Waals surface area contributed by atoms with E-state index in [1.165, 1.54) is 4.90 Å². The molecule has 3 aliphatic rings. The van der Waals surface area contributed by atoms with Gasteiger partial charge in [-0.3, -0.25) is 24.2 Å². The first-order valence-corrected chi connectivity index (χ1v) is 12.8. The molecule has 14 heteroatoms. The van der Waals surface area contributed by atoms with E-state index in [9.17, 15) is 45.5 Å². The van der Waals surface area contributed by atoms with Crippen LogP contribution in [0.1, 0.15) is 47.2 Å². The molecule has 0 aliphatic carbocycles. The van der Waals surface area contributed by atoms with Gasteiger partial charge in [-0.1, -0.05) is 18.2 Å². The second-order valence-electron chi connectivity index (χ2n) is 10.3. The number of alkyl halides is 6. The molecule has 3 aliphatic heterocycles. The summed E-state index contributed by atoms with van der Waals surface area (Å²) in [6, 6.07) is 7.98. The van der Waals surface area contributed by atoms with Crippen molar-refractivity contribution in [3.8, 4) is 0 Å². The van der Waals surface area contributed by atoms with Crippen LogP contribution in [-0.4, -0.2) is 64.8 Å². The minimum atomic E-state index is -5.11. The summed E-state index contributed by atoms with van der Waals surface area (Å²) >= 11 is 0. The third-order valence-corrected chi connectivity index (χ3v) is 7.71. The molecule has 1 atom stereocenters. The smallest absolute Gasteiger partial charge is 0.352 e. The minimum absolute atomic E-state index is 0.0517. The number of rotatable bonds is 4. The fourth-order valence-electron chi connectivity index (χ4n) is 5.65. The van der Waals surface area contributed by atoms with Crippen LogP contribution in [0, 0.1) is 0 Å². The molecule has 3 saturated heterocycles. The summed E-state index contributed by atoms with van der Waals surface area (Å²) in [7, 11) is 0. The molecule has 218 valence electrons. The third kappa shape index (κ3) is 5.22. The first-order valence-electron chi connectivity index (χ1n) is 12.8. The van der Waals surface area contributed by atoms with Gasteiger partial charge < -0.3 is 10.2 Å². The van der Waals surface area contributed by atoms with Crippen LogP contribution < -0.4 is 10.2 Å². The van der Waals surface area contributed by atoms with Crippen LogP contribution in [0.5, 0.6) is 0 Å². The number of nitrogens with one attached hydrogen (secondary N) is 1. The van der Waals surface area contributed by atoms with Crippen molar-refractivity contribution in [1.82, 2.24) is 15.1 Å². The van der Waals surface area contributed by atoms with Gasteiger partial charge in [-0.15, -0.1) is 0 Å². The number of anilines is 1. The molecule has 0 radical (unpaired) electrons. The number of nitrogens with zero attached hydrogens (tertiary/aromatic N) is 3. The molecule has 5 rings (SSSR count). The van der Waals surface area contributed by atoms with Gasteiger partial charge >= 0.3 is 18.4 Å². The second-order valence-corrected chi connectivity index (χ2v) is 10.3. The van der Waals surface area contributed by atoms with Gasteiger partial charge in [-0.25, -0.2) is 4.79 Å². The summed E-state index contributed by atoms with van der Waals surface area (Å²) in [4.78, 5) is 55.7. The third-order valence-electron chi connectivity index (χ3n) is 7.71. The average Bonchev–Trinajstić information content (AvgIpc) is 3.42. The Morgan fingerprint density at radius 3 is 2.00 bits per heavy atom. The van der Waals surface area contributed by atoms with Gasteiger partial charge in [0.25, 0.3) is 11.8 Å². The van der Waals surface area contributed by atoms with Crippen LogP contribution in [0.15, 0.2) is 48.5 Å². The Balaban J connectivity index is 1.42. The van der Waals surface area contributed by atoms with Crippen molar-refractivity contribution in [1.29, 1.82) is 0 Å². The van der Waals surface area contributed by atoms with Gasteiger partial charge in [0.15, 0.2) is 0 Å². The Hall–Kier alpha value is -4.10. The normalized spacial score (nSPS) is 21.2. The zero-order valence-corrected chi connectivity index (χ0v) is 21.4. The highest BCUT2D eigenvalue weighted by molar-refractivity contribution is 6.17. The van der Waals surface area contributed by atoms with E-state index in [-0.39, 0.29) is 50.9 Å². The lowest BCUT2D eigenvalue weighted by molar-refractivity contribution is -0.143. The van der Waals surface area contributed by atoms with Gasteiger partial charge in [-0.05, 0) is 49.6 Å². The lowest BCUT2D eigenvalue weighted by Gasteiger charge is -2.42. The van der Waals surface area contributed by atoms with Crippen molar-refractivity contribution in [2.24, 2.45) is 0 Å². The number of amides is 5. The lowest BCUT2D eigenvalue weighted by atomic mass is 9.85. The Kier molecular flexibility index (Phi) is 6.98. The number of piperidine rings is 1. The Morgan fingerprint density at radius 2 is 1.49 bits per heavy atom. The molecule has 0 bridgehead atoms. The number of urea groups is 1. The van der Waals surface area contributed by atoms with Crippen LogP contribution in [0.3, 0.4) is 0 Å². The molecule has 0 unspecified atom stereocenters. The number of hydrogen-bond acceptors (Lipinski definition) is 4. The lowest BCUT2D eigenvalue weighted by Crippen LogP contribution is -2.57. The van der Waals surface area contributed by atoms with Crippen molar-refractivity contribution in [2.75, 3.05) is 24.5 Å². The number of hydrogen-bond donors (Lipinski definition) is 1. The number of halogens is 6. The van der Waals surface area contributed by atoms with Crippen LogP contribution in [0.4, 0.5) is 36.8 Å². The largest absolute Gasteiger partial charge is 0.416 e. The van der Waals surface area contributed by atoms with Crippen LogP contribution in [0.2, 0.25) is 0 Å². The van der Waals surface area contributed by atoms with E-state index in [2.05, 4.69) is 5.32 Å². The Bertz CT molecular complexity index is 1350. The van der Waals surface area contributed by atoms with Gasteiger partial charge in [0.1, 0.15) is 5.54 Å². The average molecular weight is 583 g/mol. The molecular weight excluding hydrogens is 558 g/mol. The number of imide groups is 1. The Morgan fingerprint density at radius 1 is 0.902 bits per heavy atom. The standard InChI is InChI=1S/C27H24F6N4O4/c28-26(29,30)17-12-16(13-18(14-17)27(31,32)33)22(39)35-10-8-25(9-11-35)23(40)36(15-19-6-7-21(38)34-19)24(41)37(25)20-4-2-1-3-5-20/h1-5,12-14,19H,6-11,15H2,(H,34,38)/t19-/m0/s1. The number of carbonyl (C=O) groups is 4. The maximum atomic E-state index is 13.8. The van der Waals surface area contributed by atoms with E-state index < -0.39 is 58.5 Å². The zero-order valence-electron chi connectivity index (χ0n) is 21.4. The monoisotopic (exact) mass is 582 g/mol. The topological polar surface area (TPSA) is 90.0 Å². The highest BCUT2D eigenvalue weighted by atomic mass is 19.4. The van der Waals surface area contributed by atoms with Crippen molar-refractivity contribution < 1.29 is 45.5 Å². The number of likely N-dealkylation sites (tertiary alicyclic amines) is 1. The van der Waals surface area contributed by atoms with Gasteiger partial charge in [0.2, 0.25) is 5.91 Å². The van der Waals surface area contributed by atoms with E-state index in [0.717, 1.165) is 9.80 Å². The summed E-state index contributed by atoms with van der Waals surface area (Å²) in [5, 5.41) is 2.72. The van der Waals surface area contributed by atoms with Crippen LogP contribution in [-0.2, 0) is 21.9 Å². The van der Waals surface area contributed by atoms with Crippen molar-refractivity contribution in [3.63, 3.8) is 0 Å². The molecule has 0 saturated carbocycles. The van der Waals surface area contributed by atoms with E-state index >= 15 is 0 Å². The number of carbonyl (C=O) groups excluding carboxylic acids is 4. The van der Waals surface area contributed by atoms with Crippen LogP contribution >= 0.6 is 0 Å². The summed E-state index contributed by atoms with van der Waals surface area (Å²) < 4.78 is 80.0. The van der Waals surface area contributed by atoms with E-state index in [0.29, 0.717) is 24.2 Å². The predicted molar refractivity (Wildman–Crippen MR) is 132 cm³/mol. The zero-order chi connectivity index (χ0) is 29.7. The van der Waals surface area contributed by atoms with Crippen molar-refractivity contribution in [3.05, 3.63) is 65.2 Å². The molecule has 2 aromatic rings. The molecule has 3 heterocycles. The quantitative estimate of drug-likeness (QED) is 0.427. The maximum absolute atomic E-state index is 13.8. The summed E-state index contributed by atoms with van der Waals surface area (Å²) in [6.45, 7) is -0.457. The van der Waals surface area contributed by atoms with Crippen molar-refractivity contribution >= 4 is 29.4 Å². The first-order chi connectivity index (χ1) is 19.2. The molecule has 5 amide bonds. The predicted octanol–water partition coefficient (Wildman–Crippen LogP) is 4.45. The second kappa shape index (κ2) is 10.1. The van der Waals surface area contributed by atoms with Crippen LogP contribution in [0.25, 0.3) is 0 Å². The number of para-hydroxylation sites is 1. The molecule has 1 spiro atoms. The highest BCUT2D eigenvalue weighted by Gasteiger charge is 2.59.